The van der Waals surface area contributed by atoms with Crippen LogP contribution in [-0.2, 0) is 4.79 Å². The molecule has 0 aliphatic heterocycles. The SMILES string of the molecule is CN(CC(=O)N(C)C1CC1)CC1CC(N)C1. The molecule has 2 aliphatic rings. The minimum absolute atomic E-state index is 0.258. The minimum atomic E-state index is 0.258. The first-order valence-corrected chi connectivity index (χ1v) is 6.26. The van der Waals surface area contributed by atoms with Crippen LogP contribution in [0, 0.1) is 5.92 Å². The van der Waals surface area contributed by atoms with Crippen molar-refractivity contribution in [3.05, 3.63) is 0 Å². The summed E-state index contributed by atoms with van der Waals surface area (Å²) < 4.78 is 0. The van der Waals surface area contributed by atoms with E-state index in [0.29, 0.717) is 24.5 Å². The molecule has 92 valence electrons. The van der Waals surface area contributed by atoms with E-state index in [0.717, 1.165) is 19.4 Å². The number of nitrogens with zero attached hydrogens (tertiary/aromatic N) is 2. The summed E-state index contributed by atoms with van der Waals surface area (Å²) in [7, 11) is 3.95. The van der Waals surface area contributed by atoms with Crippen LogP contribution in [0.3, 0.4) is 0 Å². The van der Waals surface area contributed by atoms with Gasteiger partial charge in [-0.25, -0.2) is 0 Å². The third-order valence-corrected chi connectivity index (χ3v) is 3.74. The van der Waals surface area contributed by atoms with Crippen LogP contribution in [-0.4, -0.2) is 55.0 Å². The van der Waals surface area contributed by atoms with Gasteiger partial charge in [0.15, 0.2) is 0 Å². The maximum absolute atomic E-state index is 11.8. The van der Waals surface area contributed by atoms with Crippen molar-refractivity contribution in [2.45, 2.75) is 37.8 Å². The van der Waals surface area contributed by atoms with Crippen LogP contribution in [0.15, 0.2) is 0 Å². The molecule has 0 saturated heterocycles. The van der Waals surface area contributed by atoms with Crippen molar-refractivity contribution in [2.75, 3.05) is 27.2 Å². The molecule has 0 heterocycles. The predicted molar refractivity (Wildman–Crippen MR) is 64.0 cm³/mol. The van der Waals surface area contributed by atoms with Crippen LogP contribution in [0.4, 0.5) is 0 Å². The Kier molecular flexibility index (Phi) is 3.50. The van der Waals surface area contributed by atoms with Gasteiger partial charge in [0.05, 0.1) is 6.54 Å². The summed E-state index contributed by atoms with van der Waals surface area (Å²) in [5.41, 5.74) is 5.75. The fourth-order valence-corrected chi connectivity index (χ4v) is 2.45. The molecule has 16 heavy (non-hydrogen) atoms. The smallest absolute Gasteiger partial charge is 0.236 e. The van der Waals surface area contributed by atoms with Crippen molar-refractivity contribution in [1.29, 1.82) is 0 Å². The number of likely N-dealkylation sites (N-methyl/N-ethyl adjacent to an activating group) is 2. The Labute approximate surface area is 97.8 Å². The van der Waals surface area contributed by atoms with Gasteiger partial charge in [0.25, 0.3) is 0 Å². The molecule has 1 amide bonds. The van der Waals surface area contributed by atoms with E-state index in [1.807, 2.05) is 19.0 Å². The molecule has 2 fully saturated rings. The summed E-state index contributed by atoms with van der Waals surface area (Å²) in [5.74, 6) is 0.965. The van der Waals surface area contributed by atoms with E-state index in [9.17, 15) is 4.79 Å². The lowest BCUT2D eigenvalue weighted by Crippen LogP contribution is -2.44. The molecule has 0 bridgehead atoms. The van der Waals surface area contributed by atoms with Crippen LogP contribution in [0.25, 0.3) is 0 Å². The highest BCUT2D eigenvalue weighted by molar-refractivity contribution is 5.78. The van der Waals surface area contributed by atoms with Gasteiger partial charge < -0.3 is 10.6 Å². The third-order valence-electron chi connectivity index (χ3n) is 3.74. The Bertz CT molecular complexity index is 259. The Hall–Kier alpha value is -0.610. The van der Waals surface area contributed by atoms with Crippen molar-refractivity contribution in [2.24, 2.45) is 11.7 Å². The van der Waals surface area contributed by atoms with Crippen molar-refractivity contribution in [1.82, 2.24) is 9.80 Å². The zero-order valence-electron chi connectivity index (χ0n) is 10.4. The highest BCUT2D eigenvalue weighted by atomic mass is 16.2. The van der Waals surface area contributed by atoms with Gasteiger partial charge in [0.2, 0.25) is 5.91 Å². The van der Waals surface area contributed by atoms with Crippen molar-refractivity contribution in [3.8, 4) is 0 Å². The molecular weight excluding hydrogens is 202 g/mol. The van der Waals surface area contributed by atoms with Crippen molar-refractivity contribution >= 4 is 5.91 Å². The maximum Gasteiger partial charge on any atom is 0.236 e. The van der Waals surface area contributed by atoms with Gasteiger partial charge >= 0.3 is 0 Å². The van der Waals surface area contributed by atoms with Gasteiger partial charge in [-0.15, -0.1) is 0 Å². The molecular formula is C12H23N3O. The molecule has 0 atom stereocenters. The van der Waals surface area contributed by atoms with E-state index in [1.54, 1.807) is 0 Å². The summed E-state index contributed by atoms with van der Waals surface area (Å²) in [4.78, 5) is 15.9. The number of amides is 1. The molecule has 2 aliphatic carbocycles. The lowest BCUT2D eigenvalue weighted by atomic mass is 9.80. The first kappa shape index (κ1) is 11.9. The Morgan fingerprint density at radius 3 is 2.44 bits per heavy atom. The summed E-state index contributed by atoms with van der Waals surface area (Å²) >= 11 is 0. The fraction of sp³-hybridized carbons (Fsp3) is 0.917. The number of rotatable bonds is 5. The highest BCUT2D eigenvalue weighted by Crippen LogP contribution is 2.27. The molecule has 2 rings (SSSR count). The summed E-state index contributed by atoms with van der Waals surface area (Å²) in [6.07, 6.45) is 4.61. The second kappa shape index (κ2) is 4.72. The molecule has 0 aromatic carbocycles. The lowest BCUT2D eigenvalue weighted by Gasteiger charge is -2.35. The monoisotopic (exact) mass is 225 g/mol. The van der Waals surface area contributed by atoms with E-state index in [1.165, 1.54) is 12.8 Å². The normalized spacial score (nSPS) is 29.0. The van der Waals surface area contributed by atoms with Crippen molar-refractivity contribution in [3.63, 3.8) is 0 Å². The number of nitrogens with two attached hydrogens (primary N) is 1. The predicted octanol–water partition coefficient (Wildman–Crippen LogP) is 0.276. The maximum atomic E-state index is 11.8. The zero-order valence-corrected chi connectivity index (χ0v) is 10.4. The van der Waals surface area contributed by atoms with E-state index in [2.05, 4.69) is 4.90 Å². The number of hydrogen-bond acceptors (Lipinski definition) is 3. The second-order valence-electron chi connectivity index (χ2n) is 5.53. The molecule has 0 aromatic heterocycles. The van der Waals surface area contributed by atoms with Gasteiger partial charge in [-0.2, -0.15) is 0 Å². The Morgan fingerprint density at radius 2 is 1.94 bits per heavy atom. The van der Waals surface area contributed by atoms with Crippen LogP contribution in [0.5, 0.6) is 0 Å². The van der Waals surface area contributed by atoms with Gasteiger partial charge in [-0.05, 0) is 38.6 Å². The molecule has 0 radical (unpaired) electrons. The molecule has 0 aromatic rings. The van der Waals surface area contributed by atoms with Gasteiger partial charge in [0.1, 0.15) is 0 Å². The van der Waals surface area contributed by atoms with Crippen LogP contribution >= 0.6 is 0 Å². The number of carbonyl (C=O) groups is 1. The summed E-state index contributed by atoms with van der Waals surface area (Å²) in [6.45, 7) is 1.57. The van der Waals surface area contributed by atoms with Gasteiger partial charge in [0, 0.05) is 25.7 Å². The molecule has 0 spiro atoms. The van der Waals surface area contributed by atoms with Gasteiger partial charge in [-0.1, -0.05) is 0 Å². The van der Waals surface area contributed by atoms with Crippen LogP contribution < -0.4 is 5.73 Å². The zero-order chi connectivity index (χ0) is 11.7. The summed E-state index contributed by atoms with van der Waals surface area (Å²) in [5, 5.41) is 0. The number of carbonyl (C=O) groups excluding carboxylic acids is 1. The summed E-state index contributed by atoms with van der Waals surface area (Å²) in [6, 6.07) is 0.932. The first-order chi connectivity index (χ1) is 7.56. The minimum Gasteiger partial charge on any atom is -0.342 e. The highest BCUT2D eigenvalue weighted by Gasteiger charge is 2.31. The second-order valence-corrected chi connectivity index (χ2v) is 5.53. The Morgan fingerprint density at radius 1 is 1.31 bits per heavy atom. The average molecular weight is 225 g/mol. The Balaban J connectivity index is 1.65. The van der Waals surface area contributed by atoms with Crippen LogP contribution in [0.1, 0.15) is 25.7 Å². The molecule has 4 nitrogen and oxygen atoms in total. The van der Waals surface area contributed by atoms with E-state index >= 15 is 0 Å². The third kappa shape index (κ3) is 2.95. The quantitative estimate of drug-likeness (QED) is 0.731. The van der Waals surface area contributed by atoms with Crippen LogP contribution in [0.2, 0.25) is 0 Å². The largest absolute Gasteiger partial charge is 0.342 e. The van der Waals surface area contributed by atoms with E-state index in [4.69, 9.17) is 5.73 Å². The molecule has 2 saturated carbocycles. The average Bonchev–Trinajstić information content (AvgIpc) is 2.97. The fourth-order valence-electron chi connectivity index (χ4n) is 2.45. The standard InChI is InChI=1S/C12H23N3O/c1-14(7-9-5-10(13)6-9)8-12(16)15(2)11-3-4-11/h9-11H,3-8,13H2,1-2H3. The van der Waals surface area contributed by atoms with Gasteiger partial charge in [-0.3, -0.25) is 9.69 Å². The molecule has 0 unspecified atom stereocenters. The number of hydrogen-bond donors (Lipinski definition) is 1. The van der Waals surface area contributed by atoms with E-state index in [-0.39, 0.29) is 5.91 Å². The molecule has 2 N–H and O–H groups in total. The lowest BCUT2D eigenvalue weighted by molar-refractivity contribution is -0.131. The molecule has 4 heteroatoms. The first-order valence-electron chi connectivity index (χ1n) is 6.26. The topological polar surface area (TPSA) is 49.6 Å². The van der Waals surface area contributed by atoms with E-state index < -0.39 is 0 Å². The van der Waals surface area contributed by atoms with Crippen molar-refractivity contribution < 1.29 is 4.79 Å².